The molecule has 0 bridgehead atoms. The van der Waals surface area contributed by atoms with Gasteiger partial charge >= 0.3 is 6.09 Å². The highest BCUT2D eigenvalue weighted by Gasteiger charge is 2.63. The molecule has 3 aliphatic rings. The van der Waals surface area contributed by atoms with Crippen LogP contribution in [0.15, 0.2) is 97.6 Å². The van der Waals surface area contributed by atoms with E-state index >= 15 is 0 Å². The number of ether oxygens (including phenoxy) is 2. The number of hydrogen-bond donors (Lipinski definition) is 3. The molecule has 1 unspecified atom stereocenters. The van der Waals surface area contributed by atoms with Gasteiger partial charge in [-0.05, 0) is 69.6 Å². The van der Waals surface area contributed by atoms with Crippen LogP contribution in [0.3, 0.4) is 0 Å². The molecule has 5 atom stereocenters. The summed E-state index contributed by atoms with van der Waals surface area (Å²) in [6.07, 6.45) is 1.02. The van der Waals surface area contributed by atoms with Gasteiger partial charge in [-0.2, -0.15) is 4.98 Å². The molecule has 1 saturated heterocycles. The molecule has 15 heteroatoms. The molecule has 1 aromatic heterocycles. The summed E-state index contributed by atoms with van der Waals surface area (Å²) in [5.41, 5.74) is -1.10. The van der Waals surface area contributed by atoms with Gasteiger partial charge < -0.3 is 25.0 Å². The van der Waals surface area contributed by atoms with Gasteiger partial charge in [0.1, 0.15) is 29.3 Å². The van der Waals surface area contributed by atoms with Crippen molar-refractivity contribution in [3.05, 3.63) is 103 Å². The van der Waals surface area contributed by atoms with Crippen LogP contribution in [0.4, 0.5) is 4.79 Å². The summed E-state index contributed by atoms with van der Waals surface area (Å²) < 4.78 is 41.0. The van der Waals surface area contributed by atoms with Crippen LogP contribution in [0, 0.1) is 11.3 Å². The van der Waals surface area contributed by atoms with E-state index in [0.29, 0.717) is 29.6 Å². The maximum Gasteiger partial charge on any atom is 0.408 e. The molecule has 0 spiro atoms. The number of rotatable bonds is 13. The van der Waals surface area contributed by atoms with E-state index in [1.807, 2.05) is 84.9 Å². The molecule has 2 saturated carbocycles. The number of aromatic nitrogens is 2. The largest absolute Gasteiger partial charge is 0.472 e. The normalized spacial score (nSPS) is 22.4. The Morgan fingerprint density at radius 2 is 1.56 bits per heavy atom. The van der Waals surface area contributed by atoms with Crippen LogP contribution in [0.25, 0.3) is 22.3 Å². The van der Waals surface area contributed by atoms with E-state index in [1.165, 1.54) is 11.0 Å². The average Bonchev–Trinajstić information content (AvgIpc) is 4.11. The lowest BCUT2D eigenvalue weighted by Gasteiger charge is -2.36. The van der Waals surface area contributed by atoms with Gasteiger partial charge in [-0.3, -0.25) is 19.1 Å². The Labute approximate surface area is 356 Å². The van der Waals surface area contributed by atoms with Crippen LogP contribution < -0.4 is 20.1 Å². The Morgan fingerprint density at radius 1 is 0.918 bits per heavy atom. The Kier molecular flexibility index (Phi) is 11.5. The molecule has 1 aliphatic heterocycles. The van der Waals surface area contributed by atoms with Gasteiger partial charge in [0.05, 0.1) is 22.2 Å². The zero-order chi connectivity index (χ0) is 44.0. The van der Waals surface area contributed by atoms with Gasteiger partial charge in [-0.1, -0.05) is 99.6 Å². The highest BCUT2D eigenvalue weighted by atomic mass is 32.2. The number of likely N-dealkylation sites (tertiary alicyclic amines) is 1. The van der Waals surface area contributed by atoms with Crippen LogP contribution in [0.1, 0.15) is 72.8 Å². The number of hydrogen-bond acceptors (Lipinski definition) is 10. The van der Waals surface area contributed by atoms with Crippen LogP contribution in [0.2, 0.25) is 0 Å². The van der Waals surface area contributed by atoms with Crippen molar-refractivity contribution in [3.63, 3.8) is 0 Å². The van der Waals surface area contributed by atoms with Gasteiger partial charge in [0, 0.05) is 17.9 Å². The number of nitrogens with one attached hydrogen (secondary N) is 3. The molecule has 4 aromatic rings. The molecule has 0 radical (unpaired) electrons. The van der Waals surface area contributed by atoms with E-state index in [2.05, 4.69) is 21.9 Å². The molecule has 7 rings (SSSR count). The Morgan fingerprint density at radius 3 is 2.16 bits per heavy atom. The third-order valence-electron chi connectivity index (χ3n) is 11.5. The first kappa shape index (κ1) is 43.3. The van der Waals surface area contributed by atoms with Crippen LogP contribution in [-0.2, 0) is 35.6 Å². The highest BCUT2D eigenvalue weighted by molar-refractivity contribution is 7.91. The monoisotopic (exact) mass is 850 g/mol. The number of amides is 4. The molecule has 61 heavy (non-hydrogen) atoms. The molecule has 322 valence electrons. The quantitative estimate of drug-likeness (QED) is 0.138. The van der Waals surface area contributed by atoms with E-state index in [9.17, 15) is 27.6 Å². The van der Waals surface area contributed by atoms with Crippen molar-refractivity contribution in [2.45, 2.75) is 108 Å². The summed E-state index contributed by atoms with van der Waals surface area (Å²) in [6.45, 7) is 14.3. The first-order valence-electron chi connectivity index (χ1n) is 20.6. The summed E-state index contributed by atoms with van der Waals surface area (Å²) in [5, 5.41) is 6.21. The predicted octanol–water partition coefficient (Wildman–Crippen LogP) is 5.87. The second-order valence-electron chi connectivity index (χ2n) is 18.4. The number of benzene rings is 3. The van der Waals surface area contributed by atoms with Gasteiger partial charge in [-0.25, -0.2) is 18.2 Å². The minimum Gasteiger partial charge on any atom is -0.472 e. The number of carbonyl (C=O) groups excluding carboxylic acids is 4. The molecule has 3 fully saturated rings. The van der Waals surface area contributed by atoms with E-state index in [1.54, 1.807) is 41.5 Å². The predicted molar refractivity (Wildman–Crippen MR) is 230 cm³/mol. The first-order chi connectivity index (χ1) is 28.7. The Hall–Kier alpha value is -5.83. The standard InChI is InChI=1S/C46H54N6O8S/c1-8-31-27-46(31,41(55)51-61(57,58)45(23-24-45)26-29-17-11-9-12-18-29)50-38(53)35-25-32(28-52(35)40(54)36(43(2,3)4)48-42(56)60-44(5,6)7)59-39-33-21-15-16-22-34(33)47-37(49-39)30-19-13-10-14-20-30/h8-22,31-32,35-36H,1,23-28H2,2-7H3,(H,48,56)(H,50,53)(H,51,55)/t31-,32-,35+,36?,46-/m1/s1. The van der Waals surface area contributed by atoms with Crippen molar-refractivity contribution < 1.29 is 37.1 Å². The van der Waals surface area contributed by atoms with E-state index in [-0.39, 0.29) is 31.7 Å². The number of sulfonamides is 1. The molecule has 4 amide bonds. The average molecular weight is 851 g/mol. The van der Waals surface area contributed by atoms with Gasteiger partial charge in [0.15, 0.2) is 5.82 Å². The van der Waals surface area contributed by atoms with E-state index in [4.69, 9.17) is 19.4 Å². The minimum atomic E-state index is -4.17. The highest BCUT2D eigenvalue weighted by Crippen LogP contribution is 2.48. The number of nitrogens with zero attached hydrogens (tertiary/aromatic N) is 3. The fraction of sp³-hybridized carbons (Fsp3) is 0.435. The number of alkyl carbamates (subject to hydrolysis) is 1. The molecule has 3 N–H and O–H groups in total. The zero-order valence-corrected chi connectivity index (χ0v) is 36.3. The zero-order valence-electron chi connectivity index (χ0n) is 35.4. The lowest BCUT2D eigenvalue weighted by molar-refractivity contribution is -0.143. The molecular formula is C46H54N6O8S. The third-order valence-corrected chi connectivity index (χ3v) is 13.7. The third kappa shape index (κ3) is 9.26. The van der Waals surface area contributed by atoms with Crippen molar-refractivity contribution in [2.75, 3.05) is 6.54 Å². The summed E-state index contributed by atoms with van der Waals surface area (Å²) in [7, 11) is -4.17. The minimum absolute atomic E-state index is 0.0190. The summed E-state index contributed by atoms with van der Waals surface area (Å²) in [6, 6.07) is 23.6. The first-order valence-corrected chi connectivity index (χ1v) is 22.1. The van der Waals surface area contributed by atoms with Gasteiger partial charge in [0.25, 0.3) is 5.91 Å². The molecule has 14 nitrogen and oxygen atoms in total. The van der Waals surface area contributed by atoms with Crippen LogP contribution in [0.5, 0.6) is 5.88 Å². The maximum absolute atomic E-state index is 14.8. The lowest BCUT2D eigenvalue weighted by atomic mass is 9.85. The number of para-hydroxylation sites is 1. The molecule has 3 aromatic carbocycles. The molecule has 2 heterocycles. The summed E-state index contributed by atoms with van der Waals surface area (Å²) in [5.74, 6) is -2.03. The number of carbonyl (C=O) groups is 4. The Balaban J connectivity index is 1.18. The second-order valence-corrected chi connectivity index (χ2v) is 20.5. The van der Waals surface area contributed by atoms with Gasteiger partial charge in [0.2, 0.25) is 27.7 Å². The van der Waals surface area contributed by atoms with Crippen LogP contribution in [-0.4, -0.2) is 87.7 Å². The Bertz CT molecular complexity index is 2450. The fourth-order valence-electron chi connectivity index (χ4n) is 7.93. The van der Waals surface area contributed by atoms with E-state index in [0.717, 1.165) is 11.1 Å². The van der Waals surface area contributed by atoms with Crippen molar-refractivity contribution in [1.29, 1.82) is 0 Å². The molecule has 2 aliphatic carbocycles. The van der Waals surface area contributed by atoms with Gasteiger partial charge in [-0.15, -0.1) is 6.58 Å². The topological polar surface area (TPSA) is 186 Å². The summed E-state index contributed by atoms with van der Waals surface area (Å²) in [4.78, 5) is 67.6. The smallest absolute Gasteiger partial charge is 0.408 e. The summed E-state index contributed by atoms with van der Waals surface area (Å²) >= 11 is 0. The van der Waals surface area contributed by atoms with Crippen LogP contribution >= 0.6 is 0 Å². The second kappa shape index (κ2) is 16.2. The maximum atomic E-state index is 14.8. The van der Waals surface area contributed by atoms with Crippen molar-refractivity contribution in [1.82, 2.24) is 30.2 Å². The van der Waals surface area contributed by atoms with E-state index < -0.39 is 79.2 Å². The number of fused-ring (bicyclic) bond motifs is 1. The lowest BCUT2D eigenvalue weighted by Crippen LogP contribution is -2.60. The fourth-order valence-corrected chi connectivity index (χ4v) is 9.57. The SMILES string of the molecule is C=C[C@@H]1C[C@]1(NC(=O)[C@@H]1C[C@@H](Oc2nc(-c3ccccc3)nc3ccccc23)CN1C(=O)C(NC(=O)OC(C)(C)C)C(C)(C)C)C(=O)NS(=O)(=O)C1(Cc2ccccc2)CC1. The van der Waals surface area contributed by atoms with Crippen molar-refractivity contribution >= 4 is 44.7 Å². The van der Waals surface area contributed by atoms with Crippen molar-refractivity contribution in [2.24, 2.45) is 11.3 Å². The molecular weight excluding hydrogens is 797 g/mol. The van der Waals surface area contributed by atoms with Crippen molar-refractivity contribution in [3.8, 4) is 17.3 Å².